The highest BCUT2D eigenvalue weighted by Crippen LogP contribution is 2.33. The van der Waals surface area contributed by atoms with Gasteiger partial charge in [0, 0.05) is 28.2 Å². The highest BCUT2D eigenvalue weighted by molar-refractivity contribution is 14.1. The smallest absolute Gasteiger partial charge is 0.223 e. The first kappa shape index (κ1) is 16.0. The summed E-state index contributed by atoms with van der Waals surface area (Å²) in [6.07, 6.45) is -9.15. The zero-order valence-corrected chi connectivity index (χ0v) is 12.1. The molecule has 0 aliphatic rings. The van der Waals surface area contributed by atoms with Gasteiger partial charge in [-0.1, -0.05) is 12.1 Å². The van der Waals surface area contributed by atoms with Crippen LogP contribution in [0.4, 0.5) is 26.3 Å². The molecule has 112 valence electrons. The van der Waals surface area contributed by atoms with E-state index in [0.717, 1.165) is 24.3 Å². The summed E-state index contributed by atoms with van der Waals surface area (Å²) in [7, 11) is 0. The van der Waals surface area contributed by atoms with Crippen molar-refractivity contribution in [2.75, 3.05) is 0 Å². The Labute approximate surface area is 128 Å². The lowest BCUT2D eigenvalue weighted by atomic mass is 10.1. The molecule has 1 aromatic carbocycles. The fourth-order valence-electron chi connectivity index (χ4n) is 1.54. The maximum absolute atomic E-state index is 12.6. The van der Waals surface area contributed by atoms with Crippen molar-refractivity contribution >= 4 is 22.6 Å². The lowest BCUT2D eigenvalue weighted by molar-refractivity contribution is -0.141. The summed E-state index contributed by atoms with van der Waals surface area (Å²) >= 11 is 1.52. The van der Waals surface area contributed by atoms with Crippen molar-refractivity contribution < 1.29 is 26.3 Å². The third-order valence-electron chi connectivity index (χ3n) is 2.50. The predicted octanol–water partition coefficient (Wildman–Crippen LogP) is 4.79. The summed E-state index contributed by atoms with van der Waals surface area (Å²) in [5.74, 6) is 0. The maximum Gasteiger partial charge on any atom is 0.433 e. The van der Waals surface area contributed by atoms with Gasteiger partial charge < -0.3 is 0 Å². The van der Waals surface area contributed by atoms with E-state index >= 15 is 0 Å². The number of aromatic nitrogens is 2. The average Bonchev–Trinajstić information content (AvgIpc) is 2.36. The van der Waals surface area contributed by atoms with E-state index in [1.807, 2.05) is 0 Å². The van der Waals surface area contributed by atoms with Crippen molar-refractivity contribution in [2.24, 2.45) is 0 Å². The molecule has 0 saturated heterocycles. The first-order valence-corrected chi connectivity index (χ1v) is 6.44. The number of benzene rings is 1. The molecule has 0 amide bonds. The molecule has 0 saturated carbocycles. The monoisotopic (exact) mass is 418 g/mol. The summed E-state index contributed by atoms with van der Waals surface area (Å²) in [6, 6.07) is 4.42. The zero-order valence-electron chi connectivity index (χ0n) is 9.93. The van der Waals surface area contributed by atoms with Crippen LogP contribution in [0.3, 0.4) is 0 Å². The van der Waals surface area contributed by atoms with Crippen molar-refractivity contribution in [3.63, 3.8) is 0 Å². The first-order chi connectivity index (χ1) is 9.57. The highest BCUT2D eigenvalue weighted by atomic mass is 127. The Morgan fingerprint density at radius 2 is 1.38 bits per heavy atom. The average molecular weight is 418 g/mol. The Morgan fingerprint density at radius 1 is 0.810 bits per heavy atom. The summed E-state index contributed by atoms with van der Waals surface area (Å²) in [5.41, 5.74) is -1.97. The molecule has 0 bridgehead atoms. The van der Waals surface area contributed by atoms with E-state index in [-0.39, 0.29) is 15.1 Å². The molecule has 1 aromatic heterocycles. The van der Waals surface area contributed by atoms with Crippen LogP contribution in [0.25, 0.3) is 11.3 Å². The summed E-state index contributed by atoms with van der Waals surface area (Å²) in [4.78, 5) is 7.06. The Kier molecular flexibility index (Phi) is 4.13. The quantitative estimate of drug-likeness (QED) is 0.379. The molecule has 0 aliphatic heterocycles. The number of halogens is 7. The van der Waals surface area contributed by atoms with Crippen LogP contribution in [0.15, 0.2) is 30.3 Å². The number of rotatable bonds is 1. The fourth-order valence-corrected chi connectivity index (χ4v) is 2.06. The van der Waals surface area contributed by atoms with Crippen LogP contribution in [0, 0.1) is 3.83 Å². The maximum atomic E-state index is 12.6. The molecule has 0 radical (unpaired) electrons. The molecule has 0 aliphatic carbocycles. The number of hydrogen-bond donors (Lipinski definition) is 0. The molecule has 0 N–H and O–H groups in total. The molecule has 0 atom stereocenters. The van der Waals surface area contributed by atoms with Crippen molar-refractivity contribution in [3.8, 4) is 11.3 Å². The van der Waals surface area contributed by atoms with Crippen LogP contribution in [-0.4, -0.2) is 9.97 Å². The molecule has 0 fully saturated rings. The molecule has 2 aromatic rings. The van der Waals surface area contributed by atoms with E-state index in [2.05, 4.69) is 9.97 Å². The summed E-state index contributed by atoms with van der Waals surface area (Å²) in [5, 5.41) is 0. The van der Waals surface area contributed by atoms with Crippen molar-refractivity contribution in [2.45, 2.75) is 12.4 Å². The molecule has 2 nitrogen and oxygen atoms in total. The molecular weight excluding hydrogens is 413 g/mol. The third-order valence-corrected chi connectivity index (χ3v) is 2.98. The minimum atomic E-state index is -4.65. The normalized spacial score (nSPS) is 12.5. The molecule has 9 heteroatoms. The molecular formula is C12H5F6IN2. The number of alkyl halides is 6. The zero-order chi connectivity index (χ0) is 15.8. The van der Waals surface area contributed by atoms with Crippen LogP contribution in [0.1, 0.15) is 11.3 Å². The molecule has 0 unspecified atom stereocenters. The summed E-state index contributed by atoms with van der Waals surface area (Å²) in [6.45, 7) is 0. The topological polar surface area (TPSA) is 25.8 Å². The molecule has 0 spiro atoms. The fraction of sp³-hybridized carbons (Fsp3) is 0.167. The number of hydrogen-bond acceptors (Lipinski definition) is 2. The minimum Gasteiger partial charge on any atom is -0.223 e. The van der Waals surface area contributed by atoms with Gasteiger partial charge in [0.1, 0.15) is 5.69 Å². The lowest BCUT2D eigenvalue weighted by Gasteiger charge is -2.10. The minimum absolute atomic E-state index is 0.0875. The van der Waals surface area contributed by atoms with Gasteiger partial charge in [-0.25, -0.2) is 9.97 Å². The van der Waals surface area contributed by atoms with E-state index < -0.39 is 23.6 Å². The Balaban J connectivity index is 2.45. The van der Waals surface area contributed by atoms with Gasteiger partial charge in [0.2, 0.25) is 0 Å². The van der Waals surface area contributed by atoms with Gasteiger partial charge in [-0.3, -0.25) is 0 Å². The van der Waals surface area contributed by atoms with Crippen LogP contribution < -0.4 is 0 Å². The van der Waals surface area contributed by atoms with E-state index in [9.17, 15) is 26.3 Å². The van der Waals surface area contributed by atoms with Crippen LogP contribution in [0.5, 0.6) is 0 Å². The van der Waals surface area contributed by atoms with Crippen LogP contribution in [-0.2, 0) is 12.4 Å². The molecule has 21 heavy (non-hydrogen) atoms. The SMILES string of the molecule is FC(F)(F)c1ccc(-c2cc(C(F)(F)F)nc(I)n2)cc1. The predicted molar refractivity (Wildman–Crippen MR) is 70.2 cm³/mol. The van der Waals surface area contributed by atoms with Gasteiger partial charge in [-0.15, -0.1) is 0 Å². The molecule has 1 heterocycles. The van der Waals surface area contributed by atoms with E-state index in [1.165, 1.54) is 22.6 Å². The van der Waals surface area contributed by atoms with Crippen molar-refractivity contribution in [1.82, 2.24) is 9.97 Å². The van der Waals surface area contributed by atoms with Gasteiger partial charge in [0.25, 0.3) is 0 Å². The van der Waals surface area contributed by atoms with E-state index in [4.69, 9.17) is 0 Å². The Hall–Kier alpha value is -1.39. The second-order valence-corrected chi connectivity index (χ2v) is 4.95. The van der Waals surface area contributed by atoms with E-state index in [1.54, 1.807) is 0 Å². The van der Waals surface area contributed by atoms with Gasteiger partial charge in [-0.2, -0.15) is 26.3 Å². The van der Waals surface area contributed by atoms with Crippen LogP contribution in [0.2, 0.25) is 0 Å². The van der Waals surface area contributed by atoms with Gasteiger partial charge >= 0.3 is 12.4 Å². The second kappa shape index (κ2) is 5.43. The Bertz CT molecular complexity index is 648. The molecule has 2 rings (SSSR count). The number of nitrogens with zero attached hydrogens (tertiary/aromatic N) is 2. The third kappa shape index (κ3) is 3.83. The summed E-state index contributed by atoms with van der Waals surface area (Å²) < 4.78 is 75.1. The second-order valence-electron chi connectivity index (χ2n) is 3.98. The lowest BCUT2D eigenvalue weighted by Crippen LogP contribution is -2.10. The van der Waals surface area contributed by atoms with Crippen LogP contribution >= 0.6 is 22.6 Å². The van der Waals surface area contributed by atoms with Crippen molar-refractivity contribution in [3.05, 3.63) is 45.4 Å². The van der Waals surface area contributed by atoms with Gasteiger partial charge in [0.15, 0.2) is 3.83 Å². The van der Waals surface area contributed by atoms with Gasteiger partial charge in [-0.05, 0) is 18.2 Å². The standard InChI is InChI=1S/C12H5F6IN2/c13-11(14,15)7-3-1-6(2-4-7)8-5-9(12(16,17)18)21-10(19)20-8/h1-5H. The van der Waals surface area contributed by atoms with Gasteiger partial charge in [0.05, 0.1) is 11.3 Å². The van der Waals surface area contributed by atoms with E-state index in [0.29, 0.717) is 6.07 Å². The largest absolute Gasteiger partial charge is 0.433 e. The Morgan fingerprint density at radius 3 is 1.86 bits per heavy atom. The van der Waals surface area contributed by atoms with Crippen molar-refractivity contribution in [1.29, 1.82) is 0 Å². The first-order valence-electron chi connectivity index (χ1n) is 5.37. The highest BCUT2D eigenvalue weighted by Gasteiger charge is 2.34.